The first-order chi connectivity index (χ1) is 23.8. The van der Waals surface area contributed by atoms with Gasteiger partial charge in [-0.3, -0.25) is 0 Å². The molecule has 0 saturated heterocycles. The molecule has 3 aromatic heterocycles. The SMILES string of the molecule is c1ccc(-c2nc(-c3cccc4oc5cc6ccccc6cc5c34)nc(-c3cccc4c3c3ccccc3n4-c3ccccc3)n2)cc1. The Morgan fingerprint density at radius 2 is 1.02 bits per heavy atom. The van der Waals surface area contributed by atoms with Gasteiger partial charge in [-0.05, 0) is 53.2 Å². The zero-order valence-electron chi connectivity index (χ0n) is 25.7. The monoisotopic (exact) mass is 614 g/mol. The van der Waals surface area contributed by atoms with Gasteiger partial charge in [-0.15, -0.1) is 0 Å². The van der Waals surface area contributed by atoms with Gasteiger partial charge in [0.05, 0.1) is 11.0 Å². The van der Waals surface area contributed by atoms with Crippen LogP contribution in [0.2, 0.25) is 0 Å². The minimum absolute atomic E-state index is 0.601. The number of hydrogen-bond acceptors (Lipinski definition) is 4. The Balaban J connectivity index is 1.28. The van der Waals surface area contributed by atoms with E-state index < -0.39 is 0 Å². The number of para-hydroxylation sites is 2. The summed E-state index contributed by atoms with van der Waals surface area (Å²) in [6, 6.07) is 54.4. The quantitative estimate of drug-likeness (QED) is 0.198. The Labute approximate surface area is 275 Å². The molecule has 0 aliphatic heterocycles. The van der Waals surface area contributed by atoms with Crippen LogP contribution in [0.15, 0.2) is 162 Å². The highest BCUT2D eigenvalue weighted by atomic mass is 16.3. The minimum Gasteiger partial charge on any atom is -0.456 e. The molecule has 5 nitrogen and oxygen atoms in total. The van der Waals surface area contributed by atoms with Gasteiger partial charge in [0.1, 0.15) is 11.2 Å². The second-order valence-corrected chi connectivity index (χ2v) is 12.0. The van der Waals surface area contributed by atoms with Gasteiger partial charge in [-0.1, -0.05) is 115 Å². The zero-order valence-corrected chi connectivity index (χ0v) is 25.7. The summed E-state index contributed by atoms with van der Waals surface area (Å²) in [5, 5.41) is 6.58. The van der Waals surface area contributed by atoms with Crippen LogP contribution in [0.4, 0.5) is 0 Å². The molecule has 0 bridgehead atoms. The molecule has 224 valence electrons. The maximum Gasteiger partial charge on any atom is 0.164 e. The third kappa shape index (κ3) is 4.08. The molecule has 5 heteroatoms. The predicted octanol–water partition coefficient (Wildman–Crippen LogP) is 11.0. The van der Waals surface area contributed by atoms with E-state index in [1.807, 2.05) is 48.5 Å². The third-order valence-corrected chi connectivity index (χ3v) is 9.22. The fourth-order valence-corrected chi connectivity index (χ4v) is 7.09. The summed E-state index contributed by atoms with van der Waals surface area (Å²) in [5.41, 5.74) is 7.75. The summed E-state index contributed by atoms with van der Waals surface area (Å²) in [7, 11) is 0. The Morgan fingerprint density at radius 3 is 1.81 bits per heavy atom. The van der Waals surface area contributed by atoms with Crippen LogP contribution in [0.1, 0.15) is 0 Å². The van der Waals surface area contributed by atoms with E-state index in [1.165, 1.54) is 0 Å². The number of benzene rings is 7. The average molecular weight is 615 g/mol. The van der Waals surface area contributed by atoms with Gasteiger partial charge in [0.15, 0.2) is 17.5 Å². The molecule has 0 aliphatic rings. The first kappa shape index (κ1) is 26.6. The van der Waals surface area contributed by atoms with Crippen molar-refractivity contribution in [2.75, 3.05) is 0 Å². The highest BCUT2D eigenvalue weighted by Gasteiger charge is 2.21. The van der Waals surface area contributed by atoms with Gasteiger partial charge in [0.2, 0.25) is 0 Å². The highest BCUT2D eigenvalue weighted by molar-refractivity contribution is 6.16. The van der Waals surface area contributed by atoms with Gasteiger partial charge in [-0.2, -0.15) is 0 Å². The number of hydrogen-bond donors (Lipinski definition) is 0. The van der Waals surface area contributed by atoms with Crippen molar-refractivity contribution in [3.05, 3.63) is 158 Å². The fraction of sp³-hybridized carbons (Fsp3) is 0. The fourth-order valence-electron chi connectivity index (χ4n) is 7.09. The van der Waals surface area contributed by atoms with Gasteiger partial charge in [0, 0.05) is 43.9 Å². The topological polar surface area (TPSA) is 56.7 Å². The van der Waals surface area contributed by atoms with Gasteiger partial charge >= 0.3 is 0 Å². The summed E-state index contributed by atoms with van der Waals surface area (Å²) >= 11 is 0. The van der Waals surface area contributed by atoms with Crippen LogP contribution in [0.5, 0.6) is 0 Å². The molecule has 0 fully saturated rings. The maximum absolute atomic E-state index is 6.43. The Kier molecular flexibility index (Phi) is 5.81. The maximum atomic E-state index is 6.43. The normalized spacial score (nSPS) is 11.8. The molecule has 3 heterocycles. The third-order valence-electron chi connectivity index (χ3n) is 9.22. The van der Waals surface area contributed by atoms with Crippen LogP contribution < -0.4 is 0 Å². The van der Waals surface area contributed by atoms with E-state index in [2.05, 4.69) is 114 Å². The van der Waals surface area contributed by atoms with Crippen molar-refractivity contribution in [1.82, 2.24) is 19.5 Å². The lowest BCUT2D eigenvalue weighted by atomic mass is 10.0. The van der Waals surface area contributed by atoms with E-state index in [4.69, 9.17) is 19.4 Å². The molecule has 0 unspecified atom stereocenters. The van der Waals surface area contributed by atoms with Crippen LogP contribution in [0.3, 0.4) is 0 Å². The standard InChI is InChI=1S/C43H26N4O/c1-3-13-27(14-4-1)41-44-42(32-20-11-23-36-39(32)31-19-9-10-22-35(31)47(36)30-17-5-2-6-18-30)46-43(45-41)33-21-12-24-37-40(33)34-25-28-15-7-8-16-29(28)26-38(34)48-37/h1-26H. The second-order valence-electron chi connectivity index (χ2n) is 12.0. The molecule has 0 saturated carbocycles. The summed E-state index contributed by atoms with van der Waals surface area (Å²) in [4.78, 5) is 15.5. The molecule has 7 aromatic carbocycles. The number of nitrogens with zero attached hydrogens (tertiary/aromatic N) is 4. The van der Waals surface area contributed by atoms with E-state index in [-0.39, 0.29) is 0 Å². The lowest BCUT2D eigenvalue weighted by Gasteiger charge is -2.11. The second kappa shape index (κ2) is 10.5. The van der Waals surface area contributed by atoms with Crippen molar-refractivity contribution in [2.45, 2.75) is 0 Å². The summed E-state index contributed by atoms with van der Waals surface area (Å²) < 4.78 is 8.75. The largest absolute Gasteiger partial charge is 0.456 e. The van der Waals surface area contributed by atoms with Crippen molar-refractivity contribution in [3.8, 4) is 39.9 Å². The van der Waals surface area contributed by atoms with Crippen LogP contribution >= 0.6 is 0 Å². The number of fused-ring (bicyclic) bond motifs is 7. The van der Waals surface area contributed by atoms with Crippen LogP contribution in [-0.2, 0) is 0 Å². The molecule has 10 aromatic rings. The van der Waals surface area contributed by atoms with Crippen molar-refractivity contribution in [1.29, 1.82) is 0 Å². The molecule has 0 N–H and O–H groups in total. The first-order valence-electron chi connectivity index (χ1n) is 16.0. The number of rotatable bonds is 4. The summed E-state index contributed by atoms with van der Waals surface area (Å²) in [5.74, 6) is 1.84. The summed E-state index contributed by atoms with van der Waals surface area (Å²) in [6.45, 7) is 0. The Bertz CT molecular complexity index is 2830. The smallest absolute Gasteiger partial charge is 0.164 e. The van der Waals surface area contributed by atoms with E-state index in [1.54, 1.807) is 0 Å². The van der Waals surface area contributed by atoms with E-state index >= 15 is 0 Å². The van der Waals surface area contributed by atoms with E-state index in [0.717, 1.165) is 76.9 Å². The molecule has 0 aliphatic carbocycles. The molecular weight excluding hydrogens is 589 g/mol. The molecule has 0 atom stereocenters. The highest BCUT2D eigenvalue weighted by Crippen LogP contribution is 2.40. The van der Waals surface area contributed by atoms with E-state index in [0.29, 0.717) is 17.5 Å². The molecule has 0 amide bonds. The number of aromatic nitrogens is 4. The van der Waals surface area contributed by atoms with Crippen LogP contribution in [0.25, 0.3) is 94.4 Å². The average Bonchev–Trinajstić information content (AvgIpc) is 3.69. The zero-order chi connectivity index (χ0) is 31.6. The van der Waals surface area contributed by atoms with Crippen molar-refractivity contribution >= 4 is 54.5 Å². The predicted molar refractivity (Wildman–Crippen MR) is 195 cm³/mol. The van der Waals surface area contributed by atoms with Crippen molar-refractivity contribution in [3.63, 3.8) is 0 Å². The lowest BCUT2D eigenvalue weighted by molar-refractivity contribution is 0.669. The van der Waals surface area contributed by atoms with Crippen LogP contribution in [-0.4, -0.2) is 19.5 Å². The van der Waals surface area contributed by atoms with Gasteiger partial charge in [-0.25, -0.2) is 15.0 Å². The molecule has 0 spiro atoms. The summed E-state index contributed by atoms with van der Waals surface area (Å²) in [6.07, 6.45) is 0. The molecule has 48 heavy (non-hydrogen) atoms. The van der Waals surface area contributed by atoms with Gasteiger partial charge < -0.3 is 8.98 Å². The molecule has 10 rings (SSSR count). The molecular formula is C43H26N4O. The van der Waals surface area contributed by atoms with E-state index in [9.17, 15) is 0 Å². The Hall–Kier alpha value is -6.59. The first-order valence-corrected chi connectivity index (χ1v) is 16.0. The molecule has 0 radical (unpaired) electrons. The Morgan fingerprint density at radius 1 is 0.417 bits per heavy atom. The van der Waals surface area contributed by atoms with Crippen molar-refractivity contribution < 1.29 is 4.42 Å². The minimum atomic E-state index is 0.601. The van der Waals surface area contributed by atoms with Crippen molar-refractivity contribution in [2.24, 2.45) is 0 Å². The number of furan rings is 1. The van der Waals surface area contributed by atoms with Crippen LogP contribution in [0, 0.1) is 0 Å². The van der Waals surface area contributed by atoms with Gasteiger partial charge in [0.25, 0.3) is 0 Å². The lowest BCUT2D eigenvalue weighted by Crippen LogP contribution is -2.01.